The molecule has 0 saturated carbocycles. The van der Waals surface area contributed by atoms with Gasteiger partial charge in [0.1, 0.15) is 28.6 Å². The number of alkyl halides is 3. The van der Waals surface area contributed by atoms with Crippen molar-refractivity contribution in [3.05, 3.63) is 117 Å². The number of pyridine rings is 1. The molecule has 3 aliphatic rings. The van der Waals surface area contributed by atoms with E-state index in [9.17, 15) is 41.3 Å². The van der Waals surface area contributed by atoms with E-state index < -0.39 is 43.7 Å². The maximum atomic E-state index is 14.1. The summed E-state index contributed by atoms with van der Waals surface area (Å²) in [4.78, 5) is 51.5. The predicted octanol–water partition coefficient (Wildman–Crippen LogP) is 10.7. The van der Waals surface area contributed by atoms with Crippen molar-refractivity contribution >= 4 is 66.8 Å². The van der Waals surface area contributed by atoms with Crippen LogP contribution in [0.1, 0.15) is 81.3 Å². The van der Waals surface area contributed by atoms with E-state index >= 15 is 0 Å². The molecule has 2 aliphatic heterocycles. The largest absolute Gasteiger partial charge is 0.455 e. The molecule has 1 aliphatic carbocycles. The zero-order valence-electron chi connectivity index (χ0n) is 39.6. The highest BCUT2D eigenvalue weighted by Gasteiger charge is 2.34. The molecule has 2 fully saturated rings. The number of halogens is 4. The number of allylic oxidation sites excluding steroid dienone is 1. The van der Waals surface area contributed by atoms with Gasteiger partial charge in [-0.2, -0.15) is 13.2 Å². The average molecular weight is 1000 g/mol. The molecule has 3 aromatic carbocycles. The highest BCUT2D eigenvalue weighted by atomic mass is 35.5. The molecule has 70 heavy (non-hydrogen) atoms. The van der Waals surface area contributed by atoms with Gasteiger partial charge in [-0.15, -0.1) is 0 Å². The Labute approximate surface area is 410 Å². The summed E-state index contributed by atoms with van der Waals surface area (Å²) in [6.07, 6.45) is 2.58. The normalized spacial score (nSPS) is 17.3. The van der Waals surface area contributed by atoms with Gasteiger partial charge < -0.3 is 24.8 Å². The van der Waals surface area contributed by atoms with Crippen LogP contribution in [-0.2, 0) is 20.8 Å². The third-order valence-corrected chi connectivity index (χ3v) is 15.6. The number of aromatic amines is 1. The number of nitrogens with one attached hydrogen (secondary N) is 2. The van der Waals surface area contributed by atoms with Crippen molar-refractivity contribution in [2.75, 3.05) is 68.3 Å². The third-order valence-electron chi connectivity index (χ3n) is 13.7. The highest BCUT2D eigenvalue weighted by Crippen LogP contribution is 2.46. The van der Waals surface area contributed by atoms with Crippen LogP contribution in [0.25, 0.3) is 16.6 Å². The number of Topliss-reactive ketones (excluding diaryl/α,β-unsaturated/α-hetero) is 1. The van der Waals surface area contributed by atoms with E-state index in [2.05, 4.69) is 38.9 Å². The Hall–Kier alpha value is -5.98. The minimum absolute atomic E-state index is 0.00401. The molecule has 2 N–H and O–H groups in total. The second-order valence-corrected chi connectivity index (χ2v) is 22.1. The monoisotopic (exact) mass is 1000 g/mol. The minimum Gasteiger partial charge on any atom is -0.455 e. The number of carbonyl (C=O) groups is 2. The van der Waals surface area contributed by atoms with Gasteiger partial charge in [-0.05, 0) is 103 Å². The van der Waals surface area contributed by atoms with E-state index in [1.54, 1.807) is 24.4 Å². The number of nitrogens with zero attached hydrogens (tertiary/aromatic N) is 5. The molecule has 0 radical (unpaired) electrons. The number of sulfone groups is 1. The van der Waals surface area contributed by atoms with Gasteiger partial charge in [0, 0.05) is 92.7 Å². The van der Waals surface area contributed by atoms with E-state index in [1.807, 2.05) is 24.8 Å². The Morgan fingerprint density at radius 1 is 1.00 bits per heavy atom. The first-order valence-corrected chi connectivity index (χ1v) is 25.5. The van der Waals surface area contributed by atoms with Gasteiger partial charge in [0.25, 0.3) is 5.69 Å². The summed E-state index contributed by atoms with van der Waals surface area (Å²) in [6.45, 7) is 12.8. The first-order chi connectivity index (χ1) is 33.1. The fourth-order valence-corrected chi connectivity index (χ4v) is 11.1. The summed E-state index contributed by atoms with van der Waals surface area (Å²) in [5.41, 5.74) is 3.00. The number of aromatic nitrogens is 2. The second-order valence-electron chi connectivity index (χ2n) is 19.7. The molecule has 0 bridgehead atoms. The molecule has 2 saturated heterocycles. The standard InChI is InChI=1S/C51H57ClF3N7O7S/c1-32(2)49(64)61-17-13-33(14-18-61)28-57-44-10-7-39(26-45(44)62(65)66)70(67,68)31-46(63)41-9-6-37(25-47(41)69-38-23-34-12-16-56-48(34)58-29-38)60-21-19-59(20-22-60)30-35-11-15-50(3,4)27-42(35)40-8-5-36(24-43(40)52)51(53,54)55/h5-10,12,16,23-26,29,32-33,57H,11,13-15,17-22,27-28,30-31H2,1-4H3,(H,56,58). The van der Waals surface area contributed by atoms with E-state index in [0.29, 0.717) is 75.7 Å². The number of hydrogen-bond acceptors (Lipinski definition) is 11. The third kappa shape index (κ3) is 11.6. The molecule has 5 aromatic rings. The van der Waals surface area contributed by atoms with Crippen LogP contribution in [0.3, 0.4) is 0 Å². The molecule has 0 unspecified atom stereocenters. The first-order valence-electron chi connectivity index (χ1n) is 23.5. The summed E-state index contributed by atoms with van der Waals surface area (Å²) in [7, 11) is -4.40. The van der Waals surface area contributed by atoms with E-state index in [1.165, 1.54) is 30.5 Å². The number of hydrogen-bond donors (Lipinski definition) is 2. The van der Waals surface area contributed by atoms with Gasteiger partial charge in [-0.25, -0.2) is 13.4 Å². The number of piperazine rings is 1. The fraction of sp³-hybridized carbons (Fsp3) is 0.431. The molecule has 8 rings (SSSR count). The van der Waals surface area contributed by atoms with E-state index in [4.69, 9.17) is 16.3 Å². The van der Waals surface area contributed by atoms with Crippen LogP contribution >= 0.6 is 11.6 Å². The van der Waals surface area contributed by atoms with Crippen molar-refractivity contribution in [2.45, 2.75) is 70.9 Å². The van der Waals surface area contributed by atoms with Crippen molar-refractivity contribution in [1.29, 1.82) is 0 Å². The van der Waals surface area contributed by atoms with Gasteiger partial charge in [0.2, 0.25) is 5.91 Å². The number of anilines is 2. The Morgan fingerprint density at radius 2 is 1.74 bits per heavy atom. The number of ether oxygens (including phenoxy) is 1. The number of H-pyrrole nitrogens is 1. The Bertz CT molecular complexity index is 2940. The number of piperidine rings is 1. The van der Waals surface area contributed by atoms with Crippen molar-refractivity contribution < 1.29 is 40.8 Å². The molecular formula is C51H57ClF3N7O7S. The van der Waals surface area contributed by atoms with E-state index in [0.717, 1.165) is 66.1 Å². The van der Waals surface area contributed by atoms with Crippen molar-refractivity contribution in [1.82, 2.24) is 19.8 Å². The smallest absolute Gasteiger partial charge is 0.416 e. The number of likely N-dealkylation sites (tertiary alicyclic amines) is 1. The van der Waals surface area contributed by atoms with Gasteiger partial charge in [-0.3, -0.25) is 24.6 Å². The van der Waals surface area contributed by atoms with Crippen LogP contribution in [0.2, 0.25) is 5.02 Å². The molecule has 1 amide bonds. The number of amides is 1. The van der Waals surface area contributed by atoms with Crippen LogP contribution in [0.15, 0.2) is 89.6 Å². The van der Waals surface area contributed by atoms with Crippen LogP contribution < -0.4 is 15.0 Å². The van der Waals surface area contributed by atoms with Crippen molar-refractivity contribution in [3.8, 4) is 11.5 Å². The quantitative estimate of drug-likeness (QED) is 0.0581. The molecule has 372 valence electrons. The lowest BCUT2D eigenvalue weighted by molar-refractivity contribution is -0.384. The summed E-state index contributed by atoms with van der Waals surface area (Å²) >= 11 is 6.55. The van der Waals surface area contributed by atoms with Gasteiger partial charge in [-0.1, -0.05) is 50.9 Å². The molecular weight excluding hydrogens is 947 g/mol. The second kappa shape index (κ2) is 20.4. The molecule has 0 atom stereocenters. The number of nitro groups is 1. The summed E-state index contributed by atoms with van der Waals surface area (Å²) in [5, 5.41) is 16.2. The lowest BCUT2D eigenvalue weighted by Gasteiger charge is -2.39. The van der Waals surface area contributed by atoms with Crippen LogP contribution in [-0.4, -0.2) is 103 Å². The lowest BCUT2D eigenvalue weighted by Crippen LogP contribution is -2.47. The van der Waals surface area contributed by atoms with Gasteiger partial charge >= 0.3 is 6.18 Å². The Balaban J connectivity index is 0.980. The van der Waals surface area contributed by atoms with E-state index in [-0.39, 0.29) is 50.1 Å². The number of carbonyl (C=O) groups excluding carboxylic acids is 2. The number of nitro benzene ring substituents is 1. The molecule has 4 heterocycles. The Kier molecular flexibility index (Phi) is 14.7. The zero-order chi connectivity index (χ0) is 50.1. The van der Waals surface area contributed by atoms with Crippen molar-refractivity contribution in [2.24, 2.45) is 17.3 Å². The summed E-state index contributed by atoms with van der Waals surface area (Å²) < 4.78 is 74.7. The maximum Gasteiger partial charge on any atom is 0.416 e. The number of fused-ring (bicyclic) bond motifs is 1. The van der Waals surface area contributed by atoms with Crippen LogP contribution in [0.4, 0.5) is 30.2 Å². The summed E-state index contributed by atoms with van der Waals surface area (Å²) in [6, 6.07) is 15.7. The van der Waals surface area contributed by atoms with Gasteiger partial charge in [0.05, 0.1) is 27.1 Å². The summed E-state index contributed by atoms with van der Waals surface area (Å²) in [5.74, 6) is -1.19. The number of ketones is 1. The molecule has 19 heteroatoms. The highest BCUT2D eigenvalue weighted by molar-refractivity contribution is 7.92. The topological polar surface area (TPSA) is 171 Å². The van der Waals surface area contributed by atoms with Crippen molar-refractivity contribution in [3.63, 3.8) is 0 Å². The zero-order valence-corrected chi connectivity index (χ0v) is 41.1. The maximum absolute atomic E-state index is 14.1. The minimum atomic E-state index is -4.50. The van der Waals surface area contributed by atoms with Crippen LogP contribution in [0.5, 0.6) is 11.5 Å². The first kappa shape index (κ1) is 50.4. The van der Waals surface area contributed by atoms with Gasteiger partial charge in [0.15, 0.2) is 15.6 Å². The average Bonchev–Trinajstić information content (AvgIpc) is 3.79. The molecule has 2 aromatic heterocycles. The lowest BCUT2D eigenvalue weighted by atomic mass is 9.72. The molecule has 14 nitrogen and oxygen atoms in total. The van der Waals surface area contributed by atoms with Crippen LogP contribution in [0, 0.1) is 27.4 Å². The molecule has 0 spiro atoms. The number of benzene rings is 3. The number of rotatable bonds is 15. The SMILES string of the molecule is CC(C)C(=O)N1CCC(CNc2ccc(S(=O)(=O)CC(=O)c3ccc(N4CCN(CC5=C(c6ccc(C(F)(F)F)cc6Cl)CC(C)(C)CC5)CC4)cc3Oc3cnc4[nH]ccc4c3)cc2[N+](=O)[O-])CC1. The Morgan fingerprint density at radius 3 is 2.43 bits per heavy atom. The predicted molar refractivity (Wildman–Crippen MR) is 264 cm³/mol. The fourth-order valence-electron chi connectivity index (χ4n) is 9.60.